The summed E-state index contributed by atoms with van der Waals surface area (Å²) < 4.78 is 5.03. The summed E-state index contributed by atoms with van der Waals surface area (Å²) in [5.74, 6) is 2.96. The van der Waals surface area contributed by atoms with Gasteiger partial charge in [0, 0.05) is 24.2 Å². The lowest BCUT2D eigenvalue weighted by Crippen LogP contribution is -2.34. The Balaban J connectivity index is 2.81. The average Bonchev–Trinajstić information content (AvgIpc) is 2.37. The highest BCUT2D eigenvalue weighted by Gasteiger charge is 2.14. The summed E-state index contributed by atoms with van der Waals surface area (Å²) in [5, 5.41) is 2.86. The fourth-order valence-corrected chi connectivity index (χ4v) is 1.58. The first-order chi connectivity index (χ1) is 8.62. The molecule has 0 fully saturated rings. The van der Waals surface area contributed by atoms with Gasteiger partial charge in [-0.25, -0.2) is 0 Å². The molecule has 1 rings (SSSR count). The number of nitrogen functional groups attached to an aromatic ring is 1. The zero-order chi connectivity index (χ0) is 13.5. The number of anilines is 1. The number of ether oxygens (including phenoxy) is 1. The molecule has 0 aliphatic heterocycles. The highest BCUT2D eigenvalue weighted by atomic mass is 16.5. The topological polar surface area (TPSA) is 64.3 Å². The van der Waals surface area contributed by atoms with Crippen LogP contribution < -0.4 is 15.8 Å². The zero-order valence-corrected chi connectivity index (χ0v) is 10.7. The van der Waals surface area contributed by atoms with E-state index in [1.165, 1.54) is 0 Å². The molecule has 0 aromatic heterocycles. The molecule has 1 amide bonds. The molecule has 3 N–H and O–H groups in total. The maximum atomic E-state index is 12.0. The monoisotopic (exact) mass is 246 g/mol. The van der Waals surface area contributed by atoms with Gasteiger partial charge in [0.25, 0.3) is 5.91 Å². The third kappa shape index (κ3) is 3.42. The highest BCUT2D eigenvalue weighted by molar-refractivity contribution is 5.99. The lowest BCUT2D eigenvalue weighted by atomic mass is 10.1. The van der Waals surface area contributed by atoms with E-state index in [9.17, 15) is 4.79 Å². The van der Waals surface area contributed by atoms with Crippen LogP contribution in [-0.4, -0.2) is 19.1 Å². The quantitative estimate of drug-likeness (QED) is 0.615. The molecule has 0 spiro atoms. The van der Waals surface area contributed by atoms with Crippen LogP contribution in [0.2, 0.25) is 0 Å². The number of carbonyl (C=O) groups is 1. The largest absolute Gasteiger partial charge is 0.497 e. The maximum Gasteiger partial charge on any atom is 0.253 e. The molecule has 0 radical (unpaired) electrons. The lowest BCUT2D eigenvalue weighted by Gasteiger charge is -2.15. The summed E-state index contributed by atoms with van der Waals surface area (Å²) in [7, 11) is 1.55. The van der Waals surface area contributed by atoms with Gasteiger partial charge in [-0.15, -0.1) is 12.3 Å². The number of terminal acetylenes is 1. The normalized spacial score (nSPS) is 11.4. The van der Waals surface area contributed by atoms with E-state index in [2.05, 4.69) is 11.2 Å². The van der Waals surface area contributed by atoms with Crippen LogP contribution in [0.3, 0.4) is 0 Å². The number of rotatable bonds is 5. The van der Waals surface area contributed by atoms with E-state index in [-0.39, 0.29) is 11.9 Å². The Morgan fingerprint density at radius 1 is 1.61 bits per heavy atom. The van der Waals surface area contributed by atoms with Crippen molar-refractivity contribution >= 4 is 11.6 Å². The predicted octanol–water partition coefficient (Wildman–Crippen LogP) is 1.81. The summed E-state index contributed by atoms with van der Waals surface area (Å²) >= 11 is 0. The Hall–Kier alpha value is -2.15. The van der Waals surface area contributed by atoms with Gasteiger partial charge in [0.2, 0.25) is 0 Å². The minimum absolute atomic E-state index is 0.0241. The van der Waals surface area contributed by atoms with Gasteiger partial charge in [-0.3, -0.25) is 4.79 Å². The van der Waals surface area contributed by atoms with Crippen molar-refractivity contribution in [1.82, 2.24) is 5.32 Å². The molecule has 1 atom stereocenters. The van der Waals surface area contributed by atoms with Crippen LogP contribution in [-0.2, 0) is 0 Å². The minimum atomic E-state index is -0.211. The number of benzene rings is 1. The summed E-state index contributed by atoms with van der Waals surface area (Å²) in [5.41, 5.74) is 6.64. The van der Waals surface area contributed by atoms with E-state index in [0.717, 1.165) is 6.42 Å². The fourth-order valence-electron chi connectivity index (χ4n) is 1.58. The van der Waals surface area contributed by atoms with E-state index in [0.29, 0.717) is 23.4 Å². The molecular weight excluding hydrogens is 228 g/mol. The third-order valence-electron chi connectivity index (χ3n) is 2.70. The zero-order valence-electron chi connectivity index (χ0n) is 10.7. The molecule has 0 aliphatic carbocycles. The van der Waals surface area contributed by atoms with Crippen molar-refractivity contribution in [3.05, 3.63) is 23.8 Å². The van der Waals surface area contributed by atoms with Crippen molar-refractivity contribution in [2.75, 3.05) is 12.8 Å². The second-order valence-electron chi connectivity index (χ2n) is 3.94. The van der Waals surface area contributed by atoms with E-state index in [4.69, 9.17) is 16.9 Å². The minimum Gasteiger partial charge on any atom is -0.497 e. The standard InChI is InChI=1S/C14H18N2O2/c1-4-6-10(5-2)16-14(17)12-8-7-11(18-3)9-13(12)15/h1,7-10H,5-6,15H2,2-3H3,(H,16,17). The molecule has 0 saturated heterocycles. The van der Waals surface area contributed by atoms with Crippen molar-refractivity contribution in [2.24, 2.45) is 0 Å². The number of methoxy groups -OCH3 is 1. The first kappa shape index (κ1) is 13.9. The molecule has 0 bridgehead atoms. The first-order valence-corrected chi connectivity index (χ1v) is 5.80. The van der Waals surface area contributed by atoms with Gasteiger partial charge in [0.15, 0.2) is 0 Å². The second kappa shape index (κ2) is 6.55. The van der Waals surface area contributed by atoms with Crippen LogP contribution in [0.5, 0.6) is 5.75 Å². The Morgan fingerprint density at radius 2 is 2.33 bits per heavy atom. The number of amides is 1. The van der Waals surface area contributed by atoms with Crippen LogP contribution in [0.4, 0.5) is 5.69 Å². The van der Waals surface area contributed by atoms with Crippen LogP contribution >= 0.6 is 0 Å². The summed E-state index contributed by atoms with van der Waals surface area (Å²) in [6.07, 6.45) is 6.54. The Bertz CT molecular complexity index is 463. The fraction of sp³-hybridized carbons (Fsp3) is 0.357. The van der Waals surface area contributed by atoms with Crippen molar-refractivity contribution in [3.63, 3.8) is 0 Å². The molecule has 96 valence electrons. The van der Waals surface area contributed by atoms with E-state index < -0.39 is 0 Å². The van der Waals surface area contributed by atoms with Gasteiger partial charge in [-0.05, 0) is 18.6 Å². The van der Waals surface area contributed by atoms with Gasteiger partial charge in [0.05, 0.1) is 12.7 Å². The Labute approximate surface area is 108 Å². The van der Waals surface area contributed by atoms with Crippen molar-refractivity contribution < 1.29 is 9.53 Å². The lowest BCUT2D eigenvalue weighted by molar-refractivity contribution is 0.0937. The summed E-state index contributed by atoms with van der Waals surface area (Å²) in [6, 6.07) is 4.94. The van der Waals surface area contributed by atoms with Gasteiger partial charge >= 0.3 is 0 Å². The molecule has 1 unspecified atom stereocenters. The number of nitrogens with one attached hydrogen (secondary N) is 1. The number of hydrogen-bond donors (Lipinski definition) is 2. The Kier molecular flexibility index (Phi) is 5.06. The molecule has 18 heavy (non-hydrogen) atoms. The van der Waals surface area contributed by atoms with E-state index >= 15 is 0 Å². The number of nitrogens with two attached hydrogens (primary N) is 1. The van der Waals surface area contributed by atoms with Gasteiger partial charge in [0.1, 0.15) is 5.75 Å². The highest BCUT2D eigenvalue weighted by Crippen LogP contribution is 2.19. The predicted molar refractivity (Wildman–Crippen MR) is 72.4 cm³/mol. The van der Waals surface area contributed by atoms with Crippen LogP contribution in [0, 0.1) is 12.3 Å². The molecular formula is C14H18N2O2. The molecule has 4 nitrogen and oxygen atoms in total. The van der Waals surface area contributed by atoms with Crippen molar-refractivity contribution in [3.8, 4) is 18.1 Å². The van der Waals surface area contributed by atoms with E-state index in [1.54, 1.807) is 25.3 Å². The maximum absolute atomic E-state index is 12.0. The van der Waals surface area contributed by atoms with Crippen LogP contribution in [0.1, 0.15) is 30.1 Å². The number of hydrogen-bond acceptors (Lipinski definition) is 3. The Morgan fingerprint density at radius 3 is 2.83 bits per heavy atom. The molecule has 0 saturated carbocycles. The molecule has 0 heterocycles. The van der Waals surface area contributed by atoms with E-state index in [1.807, 2.05) is 6.92 Å². The third-order valence-corrected chi connectivity index (χ3v) is 2.70. The number of carbonyl (C=O) groups excluding carboxylic acids is 1. The second-order valence-corrected chi connectivity index (χ2v) is 3.94. The van der Waals surface area contributed by atoms with Gasteiger partial charge in [-0.2, -0.15) is 0 Å². The van der Waals surface area contributed by atoms with Crippen molar-refractivity contribution in [1.29, 1.82) is 0 Å². The summed E-state index contributed by atoms with van der Waals surface area (Å²) in [6.45, 7) is 1.97. The first-order valence-electron chi connectivity index (χ1n) is 5.80. The average molecular weight is 246 g/mol. The molecule has 1 aromatic carbocycles. The molecule has 1 aromatic rings. The van der Waals surface area contributed by atoms with Gasteiger partial charge in [-0.1, -0.05) is 6.92 Å². The summed E-state index contributed by atoms with van der Waals surface area (Å²) in [4.78, 5) is 12.0. The van der Waals surface area contributed by atoms with Crippen molar-refractivity contribution in [2.45, 2.75) is 25.8 Å². The molecule has 0 aliphatic rings. The molecule has 4 heteroatoms. The SMILES string of the molecule is C#CCC(CC)NC(=O)c1ccc(OC)cc1N. The smallest absolute Gasteiger partial charge is 0.253 e. The van der Waals surface area contributed by atoms with Gasteiger partial charge < -0.3 is 15.8 Å². The van der Waals surface area contributed by atoms with Crippen LogP contribution in [0.15, 0.2) is 18.2 Å². The van der Waals surface area contributed by atoms with Crippen LogP contribution in [0.25, 0.3) is 0 Å².